The molecule has 1 aliphatic heterocycles. The average molecular weight is 281 g/mol. The van der Waals surface area contributed by atoms with E-state index in [0.717, 1.165) is 42.3 Å². The van der Waals surface area contributed by atoms with Gasteiger partial charge in [0.25, 0.3) is 0 Å². The van der Waals surface area contributed by atoms with Crippen LogP contribution in [0.3, 0.4) is 0 Å². The Labute approximate surface area is 119 Å². The van der Waals surface area contributed by atoms with Crippen molar-refractivity contribution in [1.82, 2.24) is 5.32 Å². The number of nitrogens with one attached hydrogen (secondary N) is 1. The van der Waals surface area contributed by atoms with Crippen molar-refractivity contribution >= 4 is 17.1 Å². The van der Waals surface area contributed by atoms with Crippen LogP contribution < -0.4 is 5.32 Å². The van der Waals surface area contributed by atoms with E-state index in [1.807, 2.05) is 12.1 Å². The highest BCUT2D eigenvalue weighted by Gasteiger charge is 2.23. The molecule has 1 fully saturated rings. The molecule has 2 rings (SSSR count). The first-order valence-electron chi connectivity index (χ1n) is 7.08. The van der Waals surface area contributed by atoms with Gasteiger partial charge in [-0.15, -0.1) is 11.3 Å². The van der Waals surface area contributed by atoms with Crippen LogP contribution in [0.25, 0.3) is 0 Å². The van der Waals surface area contributed by atoms with Gasteiger partial charge in [0, 0.05) is 17.4 Å². The molecule has 1 saturated heterocycles. The van der Waals surface area contributed by atoms with E-state index in [0.29, 0.717) is 18.3 Å². The minimum atomic E-state index is 0.212. The van der Waals surface area contributed by atoms with E-state index in [1.165, 1.54) is 0 Å². The summed E-state index contributed by atoms with van der Waals surface area (Å²) in [5.74, 6) is 1.08. The van der Waals surface area contributed by atoms with Crippen LogP contribution in [0.4, 0.5) is 0 Å². The fourth-order valence-corrected chi connectivity index (χ4v) is 3.23. The second kappa shape index (κ2) is 7.17. The van der Waals surface area contributed by atoms with E-state index in [2.05, 4.69) is 19.2 Å². The first-order chi connectivity index (χ1) is 9.16. The molecular weight excluding hydrogens is 258 g/mol. The van der Waals surface area contributed by atoms with Gasteiger partial charge in [-0.1, -0.05) is 13.8 Å². The fourth-order valence-electron chi connectivity index (χ4n) is 2.27. The van der Waals surface area contributed by atoms with Gasteiger partial charge < -0.3 is 10.1 Å². The van der Waals surface area contributed by atoms with Crippen molar-refractivity contribution in [3.05, 3.63) is 21.9 Å². The minimum Gasteiger partial charge on any atom is -0.376 e. The Morgan fingerprint density at radius 2 is 2.16 bits per heavy atom. The summed E-state index contributed by atoms with van der Waals surface area (Å²) in [7, 11) is 0. The molecule has 0 amide bonds. The number of rotatable bonds is 6. The molecule has 2 heterocycles. The number of piperidine rings is 1. The van der Waals surface area contributed by atoms with E-state index in [1.54, 1.807) is 11.3 Å². The number of ether oxygens (including phenoxy) is 1. The number of carbonyl (C=O) groups is 1. The Bertz CT molecular complexity index is 408. The number of thiophene rings is 1. The zero-order valence-corrected chi connectivity index (χ0v) is 12.6. The predicted molar refractivity (Wildman–Crippen MR) is 78.7 cm³/mol. The third-order valence-electron chi connectivity index (χ3n) is 3.31. The van der Waals surface area contributed by atoms with E-state index < -0.39 is 0 Å². The molecule has 3 nitrogen and oxygen atoms in total. The maximum absolute atomic E-state index is 12.3. The second-order valence-electron chi connectivity index (χ2n) is 5.56. The quantitative estimate of drug-likeness (QED) is 0.814. The zero-order valence-electron chi connectivity index (χ0n) is 11.8. The zero-order chi connectivity index (χ0) is 13.7. The van der Waals surface area contributed by atoms with Gasteiger partial charge in [-0.05, 0) is 44.0 Å². The summed E-state index contributed by atoms with van der Waals surface area (Å²) in [4.78, 5) is 14.4. The standard InChI is InChI=1S/C15H23NO2S/c1-11(2)9-18-10-13-3-4-14(19-13)15(17)12-5-7-16-8-6-12/h3-4,11-12,16H,5-10H2,1-2H3. The van der Waals surface area contributed by atoms with Crippen LogP contribution in [0, 0.1) is 11.8 Å². The first-order valence-corrected chi connectivity index (χ1v) is 7.90. The lowest BCUT2D eigenvalue weighted by molar-refractivity contribution is 0.0899. The van der Waals surface area contributed by atoms with Gasteiger partial charge in [0.2, 0.25) is 0 Å². The van der Waals surface area contributed by atoms with Gasteiger partial charge in [0.1, 0.15) is 0 Å². The van der Waals surface area contributed by atoms with Crippen molar-refractivity contribution in [1.29, 1.82) is 0 Å². The molecule has 1 aromatic rings. The van der Waals surface area contributed by atoms with Crippen molar-refractivity contribution < 1.29 is 9.53 Å². The van der Waals surface area contributed by atoms with Gasteiger partial charge in [0.15, 0.2) is 5.78 Å². The van der Waals surface area contributed by atoms with Gasteiger partial charge in [-0.2, -0.15) is 0 Å². The Morgan fingerprint density at radius 3 is 2.84 bits per heavy atom. The first kappa shape index (κ1) is 14.7. The summed E-state index contributed by atoms with van der Waals surface area (Å²) in [5.41, 5.74) is 0. The number of Topliss-reactive ketones (excluding diaryl/α,β-unsaturated/α-hetero) is 1. The normalized spacial score (nSPS) is 17.0. The van der Waals surface area contributed by atoms with Crippen molar-refractivity contribution in [3.8, 4) is 0 Å². The van der Waals surface area contributed by atoms with Gasteiger partial charge in [-0.25, -0.2) is 0 Å². The Kier molecular flexibility index (Phi) is 5.55. The van der Waals surface area contributed by atoms with Gasteiger partial charge in [0.05, 0.1) is 11.5 Å². The van der Waals surface area contributed by atoms with Crippen molar-refractivity contribution in [2.45, 2.75) is 33.3 Å². The molecule has 0 bridgehead atoms. The van der Waals surface area contributed by atoms with E-state index >= 15 is 0 Å². The van der Waals surface area contributed by atoms with Gasteiger partial charge >= 0.3 is 0 Å². The molecule has 0 atom stereocenters. The lowest BCUT2D eigenvalue weighted by Crippen LogP contribution is -2.31. The third-order valence-corrected chi connectivity index (χ3v) is 4.38. The van der Waals surface area contributed by atoms with Crippen molar-refractivity contribution in [2.75, 3.05) is 19.7 Å². The molecule has 0 aromatic carbocycles. The molecule has 1 aromatic heterocycles. The summed E-state index contributed by atoms with van der Waals surface area (Å²) >= 11 is 1.59. The molecule has 19 heavy (non-hydrogen) atoms. The number of carbonyl (C=O) groups excluding carboxylic acids is 1. The van der Waals surface area contributed by atoms with Crippen LogP contribution >= 0.6 is 11.3 Å². The Hall–Kier alpha value is -0.710. The van der Waals surface area contributed by atoms with Crippen LogP contribution in [0.15, 0.2) is 12.1 Å². The van der Waals surface area contributed by atoms with E-state index in [9.17, 15) is 4.79 Å². The lowest BCUT2D eigenvalue weighted by atomic mass is 9.93. The summed E-state index contributed by atoms with van der Waals surface area (Å²) in [5, 5.41) is 3.30. The topological polar surface area (TPSA) is 38.3 Å². The summed E-state index contributed by atoms with van der Waals surface area (Å²) in [6.45, 7) is 7.61. The van der Waals surface area contributed by atoms with Crippen LogP contribution in [-0.2, 0) is 11.3 Å². The largest absolute Gasteiger partial charge is 0.376 e. The van der Waals surface area contributed by atoms with E-state index in [-0.39, 0.29) is 5.92 Å². The molecule has 106 valence electrons. The SMILES string of the molecule is CC(C)COCc1ccc(C(=O)C2CCNCC2)s1. The molecule has 1 N–H and O–H groups in total. The molecule has 0 saturated carbocycles. The maximum Gasteiger partial charge on any atom is 0.175 e. The van der Waals surface area contributed by atoms with Gasteiger partial charge in [-0.3, -0.25) is 4.79 Å². The Morgan fingerprint density at radius 1 is 1.42 bits per heavy atom. The molecule has 0 unspecified atom stereocenters. The highest BCUT2D eigenvalue weighted by molar-refractivity contribution is 7.14. The molecule has 4 heteroatoms. The highest BCUT2D eigenvalue weighted by Crippen LogP contribution is 2.24. The number of ketones is 1. The summed E-state index contributed by atoms with van der Waals surface area (Å²) in [6.07, 6.45) is 1.94. The molecule has 0 spiro atoms. The second-order valence-corrected chi connectivity index (χ2v) is 6.73. The summed E-state index contributed by atoms with van der Waals surface area (Å²) in [6, 6.07) is 3.99. The number of hydrogen-bond donors (Lipinski definition) is 1. The Balaban J connectivity index is 1.87. The summed E-state index contributed by atoms with van der Waals surface area (Å²) < 4.78 is 5.61. The molecule has 0 aliphatic carbocycles. The predicted octanol–water partition coefficient (Wildman–Crippen LogP) is 3.10. The van der Waals surface area contributed by atoms with Crippen LogP contribution in [0.5, 0.6) is 0 Å². The minimum absolute atomic E-state index is 0.212. The fraction of sp³-hybridized carbons (Fsp3) is 0.667. The van der Waals surface area contributed by atoms with E-state index in [4.69, 9.17) is 4.74 Å². The van der Waals surface area contributed by atoms with Crippen molar-refractivity contribution in [2.24, 2.45) is 11.8 Å². The van der Waals surface area contributed by atoms with Crippen LogP contribution in [-0.4, -0.2) is 25.5 Å². The average Bonchev–Trinajstić information content (AvgIpc) is 2.87. The monoisotopic (exact) mass is 281 g/mol. The maximum atomic E-state index is 12.3. The smallest absolute Gasteiger partial charge is 0.175 e. The number of hydrogen-bond acceptors (Lipinski definition) is 4. The molecule has 0 radical (unpaired) electrons. The highest BCUT2D eigenvalue weighted by atomic mass is 32.1. The van der Waals surface area contributed by atoms with Crippen LogP contribution in [0.1, 0.15) is 41.2 Å². The van der Waals surface area contributed by atoms with Crippen molar-refractivity contribution in [3.63, 3.8) is 0 Å². The lowest BCUT2D eigenvalue weighted by Gasteiger charge is -2.20. The molecular formula is C15H23NO2S. The molecule has 1 aliphatic rings. The third kappa shape index (κ3) is 4.41. The van der Waals surface area contributed by atoms with Crippen LogP contribution in [0.2, 0.25) is 0 Å².